The van der Waals surface area contributed by atoms with Crippen LogP contribution < -0.4 is 20.1 Å². The van der Waals surface area contributed by atoms with Crippen LogP contribution in [0, 0.1) is 5.82 Å². The molecule has 2 fully saturated rings. The number of amides is 2. The van der Waals surface area contributed by atoms with Crippen molar-refractivity contribution in [2.75, 3.05) is 41.0 Å². The number of nitrogens with zero attached hydrogens (tertiary/aromatic N) is 5. The van der Waals surface area contributed by atoms with Crippen molar-refractivity contribution >= 4 is 52.2 Å². The number of esters is 1. The Hall–Kier alpha value is -3.74. The summed E-state index contributed by atoms with van der Waals surface area (Å²) in [6.07, 6.45) is 1.47. The minimum atomic E-state index is -0.746. The lowest BCUT2D eigenvalue weighted by Crippen LogP contribution is -2.38. The summed E-state index contributed by atoms with van der Waals surface area (Å²) in [5.74, 6) is -1.18. The highest BCUT2D eigenvalue weighted by Crippen LogP contribution is 2.46. The highest BCUT2D eigenvalue weighted by atomic mass is 32.1. The molecule has 2 aliphatic heterocycles. The summed E-state index contributed by atoms with van der Waals surface area (Å²) >= 11 is 1.27. The number of halogens is 1. The Kier molecular flexibility index (Phi) is 5.79. The number of anilines is 3. The molecule has 1 aromatic heterocycles. The third-order valence-corrected chi connectivity index (χ3v) is 6.83. The second-order valence-electron chi connectivity index (χ2n) is 8.40. The number of aromatic nitrogens is 1. The van der Waals surface area contributed by atoms with E-state index in [1.54, 1.807) is 34.3 Å². The fraction of sp³-hybridized carbons (Fsp3) is 0.409. The second kappa shape index (κ2) is 8.80. The Morgan fingerprint density at radius 1 is 1.37 bits per heavy atom. The predicted molar refractivity (Wildman–Crippen MR) is 126 cm³/mol. The quantitative estimate of drug-likeness (QED) is 0.599. The molecule has 1 saturated carbocycles. The van der Waals surface area contributed by atoms with Gasteiger partial charge in [-0.2, -0.15) is 5.10 Å². The predicted octanol–water partition coefficient (Wildman–Crippen LogP) is 2.33. The van der Waals surface area contributed by atoms with Crippen LogP contribution in [0.1, 0.15) is 30.8 Å². The lowest BCUT2D eigenvalue weighted by atomic mass is 10.2. The van der Waals surface area contributed by atoms with Gasteiger partial charge in [-0.25, -0.2) is 24.0 Å². The van der Waals surface area contributed by atoms with E-state index in [1.807, 2.05) is 0 Å². The van der Waals surface area contributed by atoms with Crippen LogP contribution in [0.2, 0.25) is 0 Å². The van der Waals surface area contributed by atoms with Crippen LogP contribution in [0.25, 0.3) is 0 Å². The van der Waals surface area contributed by atoms with Crippen molar-refractivity contribution in [2.24, 2.45) is 5.10 Å². The topological polar surface area (TPSA) is 117 Å². The molecule has 1 N–H and O–H groups in total. The van der Waals surface area contributed by atoms with Crippen LogP contribution in [-0.2, 0) is 14.3 Å². The summed E-state index contributed by atoms with van der Waals surface area (Å²) in [5, 5.41) is 10.9. The number of hydrazone groups is 1. The number of carbonyl (C=O) groups excluding carboxylic acids is 3. The highest BCUT2D eigenvalue weighted by molar-refractivity contribution is 7.13. The number of hydrogen-bond donors (Lipinski definition) is 1. The lowest BCUT2D eigenvalue weighted by Gasteiger charge is -2.29. The van der Waals surface area contributed by atoms with Gasteiger partial charge in [-0.1, -0.05) is 0 Å². The molecule has 2 unspecified atom stereocenters. The van der Waals surface area contributed by atoms with E-state index in [4.69, 9.17) is 9.47 Å². The molecule has 3 aliphatic rings. The molecule has 0 radical (unpaired) electrons. The average Bonchev–Trinajstić information content (AvgIpc) is 3.15. The molecule has 2 atom stereocenters. The van der Waals surface area contributed by atoms with Gasteiger partial charge in [0.2, 0.25) is 11.0 Å². The average molecular weight is 503 g/mol. The van der Waals surface area contributed by atoms with Crippen LogP contribution in [-0.4, -0.2) is 67.2 Å². The smallest absolute Gasteiger partial charge is 0.415 e. The van der Waals surface area contributed by atoms with Crippen molar-refractivity contribution in [1.29, 1.82) is 0 Å². The SMILES string of the molecule is CCOC(=O)c1csc(N2CCN(c3ccc(N4CC5(CC5NC(C)=O)OC4=O)cc3F)C=N2)n1. The van der Waals surface area contributed by atoms with Gasteiger partial charge in [-0.3, -0.25) is 9.69 Å². The first-order valence-corrected chi connectivity index (χ1v) is 12.0. The molecule has 2 aromatic rings. The molecule has 3 heterocycles. The Labute approximate surface area is 204 Å². The molecule has 13 heteroatoms. The molecule has 1 saturated heterocycles. The van der Waals surface area contributed by atoms with Crippen molar-refractivity contribution in [3.63, 3.8) is 0 Å². The Bertz CT molecular complexity index is 1220. The molecule has 2 amide bonds. The van der Waals surface area contributed by atoms with Gasteiger partial charge >= 0.3 is 12.1 Å². The summed E-state index contributed by atoms with van der Waals surface area (Å²) in [6.45, 7) is 4.52. The van der Waals surface area contributed by atoms with Gasteiger partial charge in [0, 0.05) is 25.3 Å². The Morgan fingerprint density at radius 3 is 2.89 bits per heavy atom. The number of rotatable bonds is 6. The number of carbonyl (C=O) groups is 3. The zero-order valence-electron chi connectivity index (χ0n) is 19.1. The van der Waals surface area contributed by atoms with Crippen LogP contribution in [0.15, 0.2) is 28.7 Å². The molecule has 1 spiro atoms. The highest BCUT2D eigenvalue weighted by Gasteiger charge is 2.64. The van der Waals surface area contributed by atoms with E-state index in [9.17, 15) is 14.4 Å². The van der Waals surface area contributed by atoms with Gasteiger partial charge in [0.1, 0.15) is 12.2 Å². The normalized spacial score (nSPS) is 23.0. The van der Waals surface area contributed by atoms with Crippen molar-refractivity contribution in [3.05, 3.63) is 35.1 Å². The van der Waals surface area contributed by atoms with E-state index in [-0.39, 0.29) is 30.8 Å². The van der Waals surface area contributed by atoms with E-state index in [1.165, 1.54) is 35.6 Å². The minimum Gasteiger partial charge on any atom is -0.461 e. The van der Waals surface area contributed by atoms with Crippen molar-refractivity contribution in [1.82, 2.24) is 10.3 Å². The van der Waals surface area contributed by atoms with E-state index < -0.39 is 23.5 Å². The first-order chi connectivity index (χ1) is 16.8. The fourth-order valence-corrected chi connectivity index (χ4v) is 4.92. The van der Waals surface area contributed by atoms with Crippen LogP contribution >= 0.6 is 11.3 Å². The van der Waals surface area contributed by atoms with Gasteiger partial charge in [0.15, 0.2) is 11.3 Å². The second-order valence-corrected chi connectivity index (χ2v) is 9.23. The molecule has 184 valence electrons. The van der Waals surface area contributed by atoms with Crippen LogP contribution in [0.4, 0.5) is 25.7 Å². The zero-order valence-corrected chi connectivity index (χ0v) is 19.9. The summed E-state index contributed by atoms with van der Waals surface area (Å²) in [4.78, 5) is 42.8. The first-order valence-electron chi connectivity index (χ1n) is 11.1. The lowest BCUT2D eigenvalue weighted by molar-refractivity contribution is -0.119. The first kappa shape index (κ1) is 23.0. The Balaban J connectivity index is 1.25. The van der Waals surface area contributed by atoms with Crippen molar-refractivity contribution < 1.29 is 28.2 Å². The monoisotopic (exact) mass is 502 g/mol. The van der Waals surface area contributed by atoms with E-state index in [0.717, 1.165) is 0 Å². The maximum atomic E-state index is 15.0. The molecule has 11 nitrogen and oxygen atoms in total. The van der Waals surface area contributed by atoms with Gasteiger partial charge in [0.05, 0.1) is 37.1 Å². The summed E-state index contributed by atoms with van der Waals surface area (Å²) in [6, 6.07) is 4.31. The third kappa shape index (κ3) is 4.38. The zero-order chi connectivity index (χ0) is 24.7. The molecule has 0 bridgehead atoms. The summed E-state index contributed by atoms with van der Waals surface area (Å²) < 4.78 is 25.5. The molecular weight excluding hydrogens is 479 g/mol. The minimum absolute atomic E-state index is 0.187. The third-order valence-electron chi connectivity index (χ3n) is 5.97. The van der Waals surface area contributed by atoms with Crippen LogP contribution in [0.3, 0.4) is 0 Å². The van der Waals surface area contributed by atoms with Crippen LogP contribution in [0.5, 0.6) is 0 Å². The van der Waals surface area contributed by atoms with Crippen molar-refractivity contribution in [2.45, 2.75) is 31.9 Å². The number of ether oxygens (including phenoxy) is 2. The fourth-order valence-electron chi connectivity index (χ4n) is 4.14. The number of thiazole rings is 1. The number of nitrogens with one attached hydrogen (secondary N) is 1. The summed E-state index contributed by atoms with van der Waals surface area (Å²) in [7, 11) is 0. The molecular formula is C22H23FN6O5S. The Morgan fingerprint density at radius 2 is 2.20 bits per heavy atom. The standard InChI is InChI=1S/C22H23FN6O5S/c1-3-33-19(31)16-10-35-20(26-16)29-7-6-27(12-24-29)17-5-4-14(8-15(17)23)28-11-22(34-21(28)32)9-18(22)25-13(2)30/h4-5,8,10,12,18H,3,6-7,9,11H2,1-2H3,(H,25,30). The maximum Gasteiger partial charge on any atom is 0.415 e. The molecule has 1 aromatic carbocycles. The largest absolute Gasteiger partial charge is 0.461 e. The summed E-state index contributed by atoms with van der Waals surface area (Å²) in [5.41, 5.74) is 0.173. The van der Waals surface area contributed by atoms with Gasteiger partial charge in [0.25, 0.3) is 0 Å². The van der Waals surface area contributed by atoms with E-state index in [0.29, 0.717) is 36.0 Å². The van der Waals surface area contributed by atoms with Crippen molar-refractivity contribution in [3.8, 4) is 0 Å². The van der Waals surface area contributed by atoms with E-state index in [2.05, 4.69) is 15.4 Å². The van der Waals surface area contributed by atoms with Gasteiger partial charge in [-0.15, -0.1) is 11.3 Å². The molecule has 35 heavy (non-hydrogen) atoms. The van der Waals surface area contributed by atoms with E-state index >= 15 is 4.39 Å². The maximum absolute atomic E-state index is 15.0. The molecule has 1 aliphatic carbocycles. The number of benzene rings is 1. The van der Waals surface area contributed by atoms with Gasteiger partial charge < -0.3 is 19.7 Å². The number of hydrogen-bond acceptors (Lipinski definition) is 10. The molecule has 5 rings (SSSR count). The van der Waals surface area contributed by atoms with Gasteiger partial charge in [-0.05, 0) is 25.1 Å².